The molecule has 0 bridgehead atoms. The Kier molecular flexibility index (Phi) is 20.8. The second-order valence-corrected chi connectivity index (χ2v) is 7.62. The third-order valence-corrected chi connectivity index (χ3v) is 4.93. The van der Waals surface area contributed by atoms with Crippen LogP contribution in [0.4, 0.5) is 4.79 Å². The number of ether oxygens (including phenoxy) is 2. The molecule has 0 aromatic heterocycles. The summed E-state index contributed by atoms with van der Waals surface area (Å²) in [6.45, 7) is 2.85. The molecule has 3 N–H and O–H groups in total. The Hall–Kier alpha value is -0.810. The van der Waals surface area contributed by atoms with E-state index in [9.17, 15) is 4.79 Å². The largest absolute Gasteiger partial charge is 0.441 e. The molecule has 0 spiro atoms. The fourth-order valence-corrected chi connectivity index (χ4v) is 3.26. The smallest absolute Gasteiger partial charge is 0.404 e. The molecule has 0 radical (unpaired) electrons. The summed E-state index contributed by atoms with van der Waals surface area (Å²) in [6, 6.07) is 0. The molecule has 1 unspecified atom stereocenters. The number of rotatable bonds is 21. The molecule has 0 aromatic carbocycles. The summed E-state index contributed by atoms with van der Waals surface area (Å²) in [5, 5.41) is 9.01. The molecule has 27 heavy (non-hydrogen) atoms. The van der Waals surface area contributed by atoms with E-state index >= 15 is 0 Å². The van der Waals surface area contributed by atoms with Crippen molar-refractivity contribution in [2.75, 3.05) is 19.8 Å². The molecule has 1 amide bonds. The Labute approximate surface area is 167 Å². The highest BCUT2D eigenvalue weighted by atomic mass is 16.6. The molecule has 0 aliphatic rings. The maximum atomic E-state index is 10.6. The normalized spacial score (nSPS) is 12.2. The number of carbonyl (C=O) groups excluding carboxylic acids is 1. The number of hydrogen-bond acceptors (Lipinski definition) is 4. The van der Waals surface area contributed by atoms with E-state index in [2.05, 4.69) is 6.92 Å². The maximum Gasteiger partial charge on any atom is 0.404 e. The first-order valence-corrected chi connectivity index (χ1v) is 11.3. The Bertz CT molecular complexity index is 313. The van der Waals surface area contributed by atoms with Gasteiger partial charge >= 0.3 is 6.09 Å². The number of unbranched alkanes of at least 4 members (excludes halogenated alkanes) is 15. The zero-order valence-corrected chi connectivity index (χ0v) is 17.8. The van der Waals surface area contributed by atoms with Gasteiger partial charge in [-0.2, -0.15) is 0 Å². The van der Waals surface area contributed by atoms with Crippen molar-refractivity contribution < 1.29 is 19.4 Å². The van der Waals surface area contributed by atoms with Crippen molar-refractivity contribution in [3.8, 4) is 0 Å². The molecule has 5 nitrogen and oxygen atoms in total. The summed E-state index contributed by atoms with van der Waals surface area (Å²) in [4.78, 5) is 10.6. The van der Waals surface area contributed by atoms with Crippen LogP contribution in [0.15, 0.2) is 0 Å². The highest BCUT2D eigenvalue weighted by Gasteiger charge is 2.10. The quantitative estimate of drug-likeness (QED) is 0.247. The summed E-state index contributed by atoms with van der Waals surface area (Å²) < 4.78 is 10.1. The van der Waals surface area contributed by atoms with E-state index in [1.807, 2.05) is 0 Å². The lowest BCUT2D eigenvalue weighted by molar-refractivity contribution is -0.00463. The minimum Gasteiger partial charge on any atom is -0.441 e. The average molecular weight is 388 g/mol. The number of nitrogens with two attached hydrogens (primary N) is 1. The monoisotopic (exact) mass is 387 g/mol. The van der Waals surface area contributed by atoms with Crippen molar-refractivity contribution in [3.05, 3.63) is 0 Å². The average Bonchev–Trinajstić information content (AvgIpc) is 2.65. The zero-order valence-electron chi connectivity index (χ0n) is 17.8. The lowest BCUT2D eigenvalue weighted by atomic mass is 10.0. The Balaban J connectivity index is 3.13. The highest BCUT2D eigenvalue weighted by Crippen LogP contribution is 2.13. The van der Waals surface area contributed by atoms with E-state index in [-0.39, 0.29) is 13.2 Å². The number of carbonyl (C=O) groups is 1. The molecule has 0 heterocycles. The molecular formula is C22H45NO4. The summed E-state index contributed by atoms with van der Waals surface area (Å²) in [5.41, 5.74) is 4.91. The van der Waals surface area contributed by atoms with Crippen LogP contribution in [-0.4, -0.2) is 37.1 Å². The number of aliphatic hydroxyl groups is 1. The van der Waals surface area contributed by atoms with E-state index in [1.54, 1.807) is 0 Å². The second kappa shape index (κ2) is 21.5. The van der Waals surface area contributed by atoms with Gasteiger partial charge in [-0.25, -0.2) is 4.79 Å². The highest BCUT2D eigenvalue weighted by molar-refractivity contribution is 5.64. The van der Waals surface area contributed by atoms with Crippen molar-refractivity contribution in [1.82, 2.24) is 0 Å². The van der Waals surface area contributed by atoms with Crippen molar-refractivity contribution in [3.63, 3.8) is 0 Å². The lowest BCUT2D eigenvalue weighted by Crippen LogP contribution is -2.30. The van der Waals surface area contributed by atoms with Gasteiger partial charge in [0.1, 0.15) is 6.10 Å². The van der Waals surface area contributed by atoms with Crippen LogP contribution in [0.2, 0.25) is 0 Å². The summed E-state index contributed by atoms with van der Waals surface area (Å²) in [6.07, 6.45) is 20.0. The van der Waals surface area contributed by atoms with Gasteiger partial charge in [-0.3, -0.25) is 0 Å². The van der Waals surface area contributed by atoms with Gasteiger partial charge in [0, 0.05) is 6.61 Å². The number of amides is 1. The number of hydrogen-bond donors (Lipinski definition) is 2. The third kappa shape index (κ3) is 21.3. The fourth-order valence-electron chi connectivity index (χ4n) is 3.26. The summed E-state index contributed by atoms with van der Waals surface area (Å²) >= 11 is 0. The first-order chi connectivity index (χ1) is 13.2. The molecule has 0 saturated heterocycles. The molecule has 162 valence electrons. The standard InChI is InChI=1S/C22H45NO4/c1-2-3-4-5-6-7-8-9-10-11-12-13-14-15-16-17-18-26-20-21(19-24)27-22(23)25/h21,24H,2-20H2,1H3,(H2,23,25). The molecule has 0 aliphatic heterocycles. The molecular weight excluding hydrogens is 342 g/mol. The van der Waals surface area contributed by atoms with Crippen LogP contribution in [0, 0.1) is 0 Å². The first kappa shape index (κ1) is 26.2. The van der Waals surface area contributed by atoms with Gasteiger partial charge in [0.15, 0.2) is 0 Å². The van der Waals surface area contributed by atoms with E-state index < -0.39 is 12.2 Å². The van der Waals surface area contributed by atoms with E-state index in [0.717, 1.165) is 6.42 Å². The topological polar surface area (TPSA) is 81.8 Å². The Morgan fingerprint density at radius 1 is 0.778 bits per heavy atom. The number of primary amides is 1. The van der Waals surface area contributed by atoms with E-state index in [0.29, 0.717) is 6.61 Å². The van der Waals surface area contributed by atoms with Crippen LogP contribution < -0.4 is 5.73 Å². The SMILES string of the molecule is CCCCCCCCCCCCCCCCCCOCC(CO)OC(N)=O. The van der Waals surface area contributed by atoms with Crippen LogP contribution in [0.25, 0.3) is 0 Å². The summed E-state index contributed by atoms with van der Waals surface area (Å²) in [5.74, 6) is 0. The summed E-state index contributed by atoms with van der Waals surface area (Å²) in [7, 11) is 0. The first-order valence-electron chi connectivity index (χ1n) is 11.3. The van der Waals surface area contributed by atoms with Crippen LogP contribution in [0.1, 0.15) is 110 Å². The second-order valence-electron chi connectivity index (χ2n) is 7.62. The predicted molar refractivity (Wildman–Crippen MR) is 112 cm³/mol. The van der Waals surface area contributed by atoms with Crippen molar-refractivity contribution in [1.29, 1.82) is 0 Å². The molecule has 5 heteroatoms. The number of aliphatic hydroxyl groups excluding tert-OH is 1. The zero-order chi connectivity index (χ0) is 20.0. The lowest BCUT2D eigenvalue weighted by Gasteiger charge is -2.13. The van der Waals surface area contributed by atoms with Crippen molar-refractivity contribution >= 4 is 6.09 Å². The molecule has 1 atom stereocenters. The molecule has 0 fully saturated rings. The maximum absolute atomic E-state index is 10.6. The van der Waals surface area contributed by atoms with Gasteiger partial charge in [-0.1, -0.05) is 103 Å². The molecule has 0 aromatic rings. The third-order valence-electron chi connectivity index (χ3n) is 4.93. The Morgan fingerprint density at radius 2 is 1.19 bits per heavy atom. The van der Waals surface area contributed by atoms with Crippen LogP contribution in [-0.2, 0) is 9.47 Å². The van der Waals surface area contributed by atoms with Crippen molar-refractivity contribution in [2.24, 2.45) is 5.73 Å². The van der Waals surface area contributed by atoms with Gasteiger partial charge < -0.3 is 20.3 Å². The minimum absolute atomic E-state index is 0.207. The van der Waals surface area contributed by atoms with Crippen molar-refractivity contribution in [2.45, 2.75) is 116 Å². The molecule has 0 rings (SSSR count). The van der Waals surface area contributed by atoms with Gasteiger partial charge in [0.25, 0.3) is 0 Å². The molecule has 0 aliphatic carbocycles. The van der Waals surface area contributed by atoms with Crippen LogP contribution in [0.3, 0.4) is 0 Å². The van der Waals surface area contributed by atoms with E-state index in [1.165, 1.54) is 96.3 Å². The molecule has 0 saturated carbocycles. The van der Waals surface area contributed by atoms with Gasteiger partial charge in [-0.15, -0.1) is 0 Å². The van der Waals surface area contributed by atoms with Gasteiger partial charge in [-0.05, 0) is 6.42 Å². The minimum atomic E-state index is -0.875. The van der Waals surface area contributed by atoms with Gasteiger partial charge in [0.05, 0.1) is 13.2 Å². The predicted octanol–water partition coefficient (Wildman–Crippen LogP) is 5.72. The van der Waals surface area contributed by atoms with Crippen LogP contribution >= 0.6 is 0 Å². The van der Waals surface area contributed by atoms with Crippen LogP contribution in [0.5, 0.6) is 0 Å². The van der Waals surface area contributed by atoms with E-state index in [4.69, 9.17) is 20.3 Å². The fraction of sp³-hybridized carbons (Fsp3) is 0.955. The Morgan fingerprint density at radius 3 is 1.56 bits per heavy atom. The van der Waals surface area contributed by atoms with Gasteiger partial charge in [0.2, 0.25) is 0 Å².